The van der Waals surface area contributed by atoms with Crippen molar-refractivity contribution in [1.82, 2.24) is 9.38 Å². The predicted octanol–water partition coefficient (Wildman–Crippen LogP) is 1.36. The van der Waals surface area contributed by atoms with E-state index in [1.54, 1.807) is 6.92 Å². The number of pyridine rings is 1. The molecule has 0 unspecified atom stereocenters. The third-order valence-corrected chi connectivity index (χ3v) is 2.70. The van der Waals surface area contributed by atoms with Crippen LogP contribution in [0.3, 0.4) is 0 Å². The van der Waals surface area contributed by atoms with Gasteiger partial charge in [-0.05, 0) is 32.4 Å². The van der Waals surface area contributed by atoms with Crippen LogP contribution in [0.15, 0.2) is 12.1 Å². The minimum absolute atomic E-state index is 0.436. The molecule has 0 bridgehead atoms. The maximum absolute atomic E-state index is 11.3. The van der Waals surface area contributed by atoms with Gasteiger partial charge in [-0.3, -0.25) is 9.20 Å². The normalized spacial score (nSPS) is 10.9. The Balaban J connectivity index is 2.96. The van der Waals surface area contributed by atoms with Crippen molar-refractivity contribution in [3.8, 4) is 0 Å². The van der Waals surface area contributed by atoms with Gasteiger partial charge in [0, 0.05) is 5.69 Å². The molecule has 1 amide bonds. The minimum Gasteiger partial charge on any atom is -0.364 e. The van der Waals surface area contributed by atoms with Crippen molar-refractivity contribution in [2.45, 2.75) is 20.8 Å². The number of nitrogens with two attached hydrogens (primary N) is 1. The van der Waals surface area contributed by atoms with Crippen molar-refractivity contribution in [2.24, 2.45) is 5.73 Å². The summed E-state index contributed by atoms with van der Waals surface area (Å²) in [4.78, 5) is 15.6. The van der Waals surface area contributed by atoms with Gasteiger partial charge in [-0.15, -0.1) is 0 Å². The SMILES string of the molecule is Cc1ccc2nc(C)c(C(N)=O)n2c1C. The average Bonchev–Trinajstić information content (AvgIpc) is 2.49. The van der Waals surface area contributed by atoms with Crippen LogP contribution in [0.25, 0.3) is 5.65 Å². The summed E-state index contributed by atoms with van der Waals surface area (Å²) in [6.45, 7) is 5.74. The molecule has 0 aliphatic rings. The molecule has 0 aromatic carbocycles. The van der Waals surface area contributed by atoms with Gasteiger partial charge in [-0.1, -0.05) is 6.07 Å². The van der Waals surface area contributed by atoms with Crippen molar-refractivity contribution < 1.29 is 4.79 Å². The van der Waals surface area contributed by atoms with E-state index < -0.39 is 5.91 Å². The molecule has 2 N–H and O–H groups in total. The van der Waals surface area contributed by atoms with Crippen LogP contribution in [0.2, 0.25) is 0 Å². The molecule has 4 heteroatoms. The Bertz CT molecular complexity index is 554. The highest BCUT2D eigenvalue weighted by atomic mass is 16.1. The molecular weight excluding hydrogens is 190 g/mol. The lowest BCUT2D eigenvalue weighted by Crippen LogP contribution is -2.16. The summed E-state index contributed by atoms with van der Waals surface area (Å²) in [7, 11) is 0. The molecule has 0 saturated carbocycles. The Morgan fingerprint density at radius 3 is 2.60 bits per heavy atom. The Hall–Kier alpha value is -1.84. The van der Waals surface area contributed by atoms with E-state index in [0.29, 0.717) is 11.4 Å². The summed E-state index contributed by atoms with van der Waals surface area (Å²) in [6, 6.07) is 3.88. The van der Waals surface area contributed by atoms with Crippen LogP contribution < -0.4 is 5.73 Å². The molecule has 2 aromatic heterocycles. The molecule has 0 radical (unpaired) electrons. The Morgan fingerprint density at radius 2 is 2.00 bits per heavy atom. The van der Waals surface area contributed by atoms with Crippen LogP contribution in [-0.2, 0) is 0 Å². The van der Waals surface area contributed by atoms with E-state index in [1.807, 2.05) is 30.4 Å². The molecule has 2 rings (SSSR count). The van der Waals surface area contributed by atoms with E-state index in [4.69, 9.17) is 5.73 Å². The van der Waals surface area contributed by atoms with Crippen LogP contribution in [0.4, 0.5) is 0 Å². The quantitative estimate of drug-likeness (QED) is 0.760. The molecule has 2 heterocycles. The maximum Gasteiger partial charge on any atom is 0.267 e. The lowest BCUT2D eigenvalue weighted by molar-refractivity contribution is 0.0994. The van der Waals surface area contributed by atoms with Gasteiger partial charge in [-0.25, -0.2) is 4.98 Å². The zero-order valence-corrected chi connectivity index (χ0v) is 9.03. The Labute approximate surface area is 87.7 Å². The second-order valence-corrected chi connectivity index (χ2v) is 3.71. The summed E-state index contributed by atoms with van der Waals surface area (Å²) in [6.07, 6.45) is 0. The molecule has 4 nitrogen and oxygen atoms in total. The van der Waals surface area contributed by atoms with Gasteiger partial charge in [-0.2, -0.15) is 0 Å². The molecule has 0 fully saturated rings. The van der Waals surface area contributed by atoms with E-state index in [1.165, 1.54) is 0 Å². The van der Waals surface area contributed by atoms with Crippen LogP contribution >= 0.6 is 0 Å². The topological polar surface area (TPSA) is 60.4 Å². The Kier molecular flexibility index (Phi) is 2.00. The number of fused-ring (bicyclic) bond motifs is 1. The number of hydrogen-bond donors (Lipinski definition) is 1. The maximum atomic E-state index is 11.3. The number of carbonyl (C=O) groups is 1. The molecule has 0 spiro atoms. The van der Waals surface area contributed by atoms with E-state index in [-0.39, 0.29) is 0 Å². The van der Waals surface area contributed by atoms with Gasteiger partial charge < -0.3 is 5.73 Å². The largest absolute Gasteiger partial charge is 0.364 e. The van der Waals surface area contributed by atoms with Crippen LogP contribution in [0, 0.1) is 20.8 Å². The highest BCUT2D eigenvalue weighted by molar-refractivity contribution is 5.93. The van der Waals surface area contributed by atoms with Crippen LogP contribution in [-0.4, -0.2) is 15.3 Å². The molecule has 78 valence electrons. The number of imidazole rings is 1. The first-order chi connectivity index (χ1) is 7.02. The highest BCUT2D eigenvalue weighted by Crippen LogP contribution is 2.16. The molecule has 15 heavy (non-hydrogen) atoms. The number of aromatic nitrogens is 2. The highest BCUT2D eigenvalue weighted by Gasteiger charge is 2.15. The van der Waals surface area contributed by atoms with Crippen molar-refractivity contribution in [3.05, 3.63) is 34.8 Å². The monoisotopic (exact) mass is 203 g/mol. The summed E-state index contributed by atoms with van der Waals surface area (Å²) in [5.41, 5.74) is 9.38. The number of primary amides is 1. The summed E-state index contributed by atoms with van der Waals surface area (Å²) in [5, 5.41) is 0. The van der Waals surface area contributed by atoms with E-state index in [0.717, 1.165) is 16.9 Å². The number of carbonyl (C=O) groups excluding carboxylic acids is 1. The van der Waals surface area contributed by atoms with Gasteiger partial charge in [0.05, 0.1) is 5.69 Å². The first kappa shape index (κ1) is 9.71. The smallest absolute Gasteiger partial charge is 0.267 e. The fraction of sp³-hybridized carbons (Fsp3) is 0.273. The summed E-state index contributed by atoms with van der Waals surface area (Å²) < 4.78 is 1.81. The van der Waals surface area contributed by atoms with Crippen LogP contribution in [0.5, 0.6) is 0 Å². The van der Waals surface area contributed by atoms with E-state index in [9.17, 15) is 4.79 Å². The molecule has 0 aliphatic heterocycles. The van der Waals surface area contributed by atoms with Crippen LogP contribution in [0.1, 0.15) is 27.4 Å². The first-order valence-corrected chi connectivity index (χ1v) is 4.77. The molecular formula is C11H13N3O. The summed E-state index contributed by atoms with van der Waals surface area (Å²) >= 11 is 0. The van der Waals surface area contributed by atoms with E-state index in [2.05, 4.69) is 4.98 Å². The van der Waals surface area contributed by atoms with Crippen molar-refractivity contribution in [3.63, 3.8) is 0 Å². The van der Waals surface area contributed by atoms with Crippen molar-refractivity contribution in [1.29, 1.82) is 0 Å². The molecule has 2 aromatic rings. The zero-order chi connectivity index (χ0) is 11.2. The number of aryl methyl sites for hydroxylation is 3. The Morgan fingerprint density at radius 1 is 1.33 bits per heavy atom. The first-order valence-electron chi connectivity index (χ1n) is 4.77. The van der Waals surface area contributed by atoms with Gasteiger partial charge in [0.25, 0.3) is 5.91 Å². The molecule has 0 saturated heterocycles. The van der Waals surface area contributed by atoms with Gasteiger partial charge in [0.15, 0.2) is 0 Å². The van der Waals surface area contributed by atoms with Gasteiger partial charge in [0.2, 0.25) is 0 Å². The lowest BCUT2D eigenvalue weighted by Gasteiger charge is -2.05. The standard InChI is InChI=1S/C11H13N3O/c1-6-4-5-9-13-7(2)10(11(12)15)14(9)8(6)3/h4-5H,1-3H3,(H2,12,15). The predicted molar refractivity (Wildman–Crippen MR) is 57.9 cm³/mol. The van der Waals surface area contributed by atoms with Crippen molar-refractivity contribution in [2.75, 3.05) is 0 Å². The van der Waals surface area contributed by atoms with Gasteiger partial charge >= 0.3 is 0 Å². The lowest BCUT2D eigenvalue weighted by atomic mass is 10.2. The fourth-order valence-corrected chi connectivity index (χ4v) is 1.79. The van der Waals surface area contributed by atoms with E-state index >= 15 is 0 Å². The third kappa shape index (κ3) is 1.29. The molecule has 0 atom stereocenters. The second kappa shape index (κ2) is 3.08. The number of hydrogen-bond acceptors (Lipinski definition) is 2. The molecule has 0 aliphatic carbocycles. The van der Waals surface area contributed by atoms with Crippen molar-refractivity contribution >= 4 is 11.6 Å². The second-order valence-electron chi connectivity index (χ2n) is 3.71. The summed E-state index contributed by atoms with van der Waals surface area (Å²) in [5.74, 6) is -0.436. The number of nitrogens with zero attached hydrogens (tertiary/aromatic N) is 2. The fourth-order valence-electron chi connectivity index (χ4n) is 1.79. The number of rotatable bonds is 1. The third-order valence-electron chi connectivity index (χ3n) is 2.70. The number of amides is 1. The van der Waals surface area contributed by atoms with Gasteiger partial charge in [0.1, 0.15) is 11.3 Å². The minimum atomic E-state index is -0.436. The average molecular weight is 203 g/mol. The zero-order valence-electron chi connectivity index (χ0n) is 9.03.